The van der Waals surface area contributed by atoms with Gasteiger partial charge in [0.2, 0.25) is 0 Å². The van der Waals surface area contributed by atoms with Crippen molar-refractivity contribution in [1.82, 2.24) is 9.97 Å². The van der Waals surface area contributed by atoms with E-state index in [1.807, 2.05) is 6.92 Å². The molecule has 1 aromatic rings. The van der Waals surface area contributed by atoms with E-state index >= 15 is 0 Å². The minimum absolute atomic E-state index is 0.0966. The van der Waals surface area contributed by atoms with Gasteiger partial charge in [-0.3, -0.25) is 0 Å². The standard InChI is InChI=1S/C13H20N2O2/c1-9(2)10-4-14-11(15-5-10)13(17)6-12(3,7-13)8-16/h4-5,9,16-17H,6-8H2,1-3H3. The molecule has 0 saturated heterocycles. The molecule has 1 aliphatic rings. The summed E-state index contributed by atoms with van der Waals surface area (Å²) in [6, 6.07) is 0. The van der Waals surface area contributed by atoms with Gasteiger partial charge in [0, 0.05) is 19.0 Å². The van der Waals surface area contributed by atoms with Gasteiger partial charge in [0.15, 0.2) is 5.82 Å². The first-order valence-corrected chi connectivity index (χ1v) is 6.04. The van der Waals surface area contributed by atoms with E-state index in [1.54, 1.807) is 12.4 Å². The van der Waals surface area contributed by atoms with Crippen molar-refractivity contribution in [2.45, 2.75) is 45.1 Å². The summed E-state index contributed by atoms with van der Waals surface area (Å²) in [6.07, 6.45) is 4.61. The molecule has 1 aromatic heterocycles. The highest BCUT2D eigenvalue weighted by Crippen LogP contribution is 2.52. The van der Waals surface area contributed by atoms with Crippen molar-refractivity contribution < 1.29 is 10.2 Å². The van der Waals surface area contributed by atoms with Crippen LogP contribution in [0.15, 0.2) is 12.4 Å². The zero-order valence-corrected chi connectivity index (χ0v) is 10.6. The van der Waals surface area contributed by atoms with Crippen LogP contribution in [-0.2, 0) is 5.60 Å². The van der Waals surface area contributed by atoms with E-state index in [-0.39, 0.29) is 12.0 Å². The predicted octanol–water partition coefficient (Wildman–Crippen LogP) is 1.58. The molecule has 0 aliphatic heterocycles. The Kier molecular flexibility index (Phi) is 2.96. The van der Waals surface area contributed by atoms with E-state index in [0.717, 1.165) is 5.56 Å². The van der Waals surface area contributed by atoms with E-state index < -0.39 is 5.60 Å². The molecule has 17 heavy (non-hydrogen) atoms. The van der Waals surface area contributed by atoms with Crippen molar-refractivity contribution in [2.24, 2.45) is 5.41 Å². The summed E-state index contributed by atoms with van der Waals surface area (Å²) < 4.78 is 0. The van der Waals surface area contributed by atoms with Crippen LogP contribution in [0.4, 0.5) is 0 Å². The Balaban J connectivity index is 2.14. The Bertz CT molecular complexity index is 394. The molecular weight excluding hydrogens is 216 g/mol. The van der Waals surface area contributed by atoms with Crippen molar-refractivity contribution in [3.63, 3.8) is 0 Å². The van der Waals surface area contributed by atoms with Gasteiger partial charge in [0.25, 0.3) is 0 Å². The minimum atomic E-state index is -0.951. The minimum Gasteiger partial charge on any atom is -0.396 e. The van der Waals surface area contributed by atoms with Gasteiger partial charge in [-0.2, -0.15) is 0 Å². The molecule has 94 valence electrons. The van der Waals surface area contributed by atoms with Crippen molar-refractivity contribution in [3.05, 3.63) is 23.8 Å². The molecule has 0 amide bonds. The summed E-state index contributed by atoms with van der Waals surface area (Å²) in [5.41, 5.74) is -0.0662. The van der Waals surface area contributed by atoms with Crippen LogP contribution in [0.1, 0.15) is 50.9 Å². The van der Waals surface area contributed by atoms with E-state index in [2.05, 4.69) is 23.8 Å². The zero-order chi connectivity index (χ0) is 12.7. The summed E-state index contributed by atoms with van der Waals surface area (Å²) in [4.78, 5) is 8.50. The van der Waals surface area contributed by atoms with Crippen molar-refractivity contribution in [3.8, 4) is 0 Å². The summed E-state index contributed by atoms with van der Waals surface area (Å²) in [5, 5.41) is 19.5. The fourth-order valence-electron chi connectivity index (χ4n) is 2.51. The maximum Gasteiger partial charge on any atom is 0.160 e. The van der Waals surface area contributed by atoms with E-state index in [4.69, 9.17) is 0 Å². The van der Waals surface area contributed by atoms with Crippen molar-refractivity contribution in [1.29, 1.82) is 0 Å². The van der Waals surface area contributed by atoms with Crippen LogP contribution < -0.4 is 0 Å². The van der Waals surface area contributed by atoms with Gasteiger partial charge in [-0.25, -0.2) is 9.97 Å². The number of nitrogens with zero attached hydrogens (tertiary/aromatic N) is 2. The number of hydrogen-bond donors (Lipinski definition) is 2. The van der Waals surface area contributed by atoms with Gasteiger partial charge in [0.05, 0.1) is 0 Å². The van der Waals surface area contributed by atoms with Gasteiger partial charge in [-0.15, -0.1) is 0 Å². The molecule has 1 fully saturated rings. The molecule has 4 nitrogen and oxygen atoms in total. The highest BCUT2D eigenvalue weighted by Gasteiger charge is 2.53. The Morgan fingerprint density at radius 1 is 1.29 bits per heavy atom. The SMILES string of the molecule is CC(C)c1cnc(C2(O)CC(C)(CO)C2)nc1. The lowest BCUT2D eigenvalue weighted by Gasteiger charge is -2.49. The summed E-state index contributed by atoms with van der Waals surface area (Å²) in [5.74, 6) is 0.871. The molecule has 0 atom stereocenters. The van der Waals surface area contributed by atoms with Crippen molar-refractivity contribution in [2.75, 3.05) is 6.61 Å². The van der Waals surface area contributed by atoms with E-state index in [0.29, 0.717) is 24.6 Å². The van der Waals surface area contributed by atoms with Crippen molar-refractivity contribution >= 4 is 0 Å². The second kappa shape index (κ2) is 4.03. The molecule has 1 heterocycles. The smallest absolute Gasteiger partial charge is 0.160 e. The predicted molar refractivity (Wildman–Crippen MR) is 64.4 cm³/mol. The molecule has 2 N–H and O–H groups in total. The first-order chi connectivity index (χ1) is 7.88. The van der Waals surface area contributed by atoms with Crippen LogP contribution in [0, 0.1) is 5.41 Å². The first kappa shape index (κ1) is 12.5. The lowest BCUT2D eigenvalue weighted by molar-refractivity contribution is -0.149. The molecule has 1 saturated carbocycles. The lowest BCUT2D eigenvalue weighted by Crippen LogP contribution is -2.50. The summed E-state index contributed by atoms with van der Waals surface area (Å²) >= 11 is 0. The summed E-state index contributed by atoms with van der Waals surface area (Å²) in [7, 11) is 0. The molecule has 0 aromatic carbocycles. The third kappa shape index (κ3) is 2.19. The van der Waals surface area contributed by atoms with Crippen LogP contribution in [-0.4, -0.2) is 26.8 Å². The number of aliphatic hydroxyl groups is 2. The fourth-order valence-corrected chi connectivity index (χ4v) is 2.51. The maximum absolute atomic E-state index is 10.3. The third-order valence-corrected chi connectivity index (χ3v) is 3.57. The van der Waals surface area contributed by atoms with Gasteiger partial charge >= 0.3 is 0 Å². The average molecular weight is 236 g/mol. The van der Waals surface area contributed by atoms with Crippen LogP contribution >= 0.6 is 0 Å². The van der Waals surface area contributed by atoms with Gasteiger partial charge in [-0.1, -0.05) is 20.8 Å². The van der Waals surface area contributed by atoms with Gasteiger partial charge in [0.1, 0.15) is 5.60 Å². The zero-order valence-electron chi connectivity index (χ0n) is 10.6. The second-order valence-electron chi connectivity index (χ2n) is 5.85. The molecule has 0 bridgehead atoms. The number of rotatable bonds is 3. The first-order valence-electron chi connectivity index (χ1n) is 6.04. The molecule has 4 heteroatoms. The Morgan fingerprint density at radius 2 is 1.82 bits per heavy atom. The Labute approximate surface area is 102 Å². The molecule has 0 radical (unpaired) electrons. The van der Waals surface area contributed by atoms with Crippen LogP contribution in [0.2, 0.25) is 0 Å². The Morgan fingerprint density at radius 3 is 2.24 bits per heavy atom. The highest BCUT2D eigenvalue weighted by atomic mass is 16.3. The lowest BCUT2D eigenvalue weighted by atomic mass is 9.60. The normalized spacial score (nSPS) is 32.6. The quantitative estimate of drug-likeness (QED) is 0.836. The van der Waals surface area contributed by atoms with Crippen LogP contribution in [0.25, 0.3) is 0 Å². The van der Waals surface area contributed by atoms with E-state index in [9.17, 15) is 10.2 Å². The highest BCUT2D eigenvalue weighted by molar-refractivity contribution is 5.17. The van der Waals surface area contributed by atoms with Gasteiger partial charge < -0.3 is 10.2 Å². The number of aliphatic hydroxyl groups excluding tert-OH is 1. The largest absolute Gasteiger partial charge is 0.396 e. The molecular formula is C13H20N2O2. The molecule has 1 aliphatic carbocycles. The second-order valence-corrected chi connectivity index (χ2v) is 5.85. The summed E-state index contributed by atoms with van der Waals surface area (Å²) in [6.45, 7) is 6.22. The maximum atomic E-state index is 10.3. The number of hydrogen-bond acceptors (Lipinski definition) is 4. The number of aromatic nitrogens is 2. The van der Waals surface area contributed by atoms with Crippen LogP contribution in [0.3, 0.4) is 0 Å². The third-order valence-electron chi connectivity index (χ3n) is 3.57. The van der Waals surface area contributed by atoms with Crippen LogP contribution in [0.5, 0.6) is 0 Å². The van der Waals surface area contributed by atoms with E-state index in [1.165, 1.54) is 0 Å². The molecule has 0 unspecified atom stereocenters. The molecule has 0 spiro atoms. The monoisotopic (exact) mass is 236 g/mol. The average Bonchev–Trinajstić information content (AvgIpc) is 2.27. The fraction of sp³-hybridized carbons (Fsp3) is 0.692. The van der Waals surface area contributed by atoms with Gasteiger partial charge in [-0.05, 0) is 29.7 Å². The topological polar surface area (TPSA) is 66.2 Å². The Hall–Kier alpha value is -1.00. The molecule has 2 rings (SSSR count).